The van der Waals surface area contributed by atoms with Gasteiger partial charge < -0.3 is 9.84 Å². The van der Waals surface area contributed by atoms with Crippen LogP contribution in [-0.4, -0.2) is 23.3 Å². The predicted octanol–water partition coefficient (Wildman–Crippen LogP) is 1.81. The molecule has 2 heterocycles. The zero-order valence-corrected chi connectivity index (χ0v) is 9.23. The van der Waals surface area contributed by atoms with Gasteiger partial charge >= 0.3 is 0 Å². The summed E-state index contributed by atoms with van der Waals surface area (Å²) in [5.74, 6) is 0.425. The van der Waals surface area contributed by atoms with Crippen LogP contribution in [0.25, 0.3) is 0 Å². The molecule has 82 valence electrons. The van der Waals surface area contributed by atoms with Crippen molar-refractivity contribution in [2.45, 2.75) is 31.8 Å². The summed E-state index contributed by atoms with van der Waals surface area (Å²) in [7, 11) is 0. The predicted molar refractivity (Wildman–Crippen MR) is 57.7 cm³/mol. The molecule has 3 heteroatoms. The fourth-order valence-electron chi connectivity index (χ4n) is 1.80. The Hall–Kier alpha value is -0.930. The van der Waals surface area contributed by atoms with Crippen LogP contribution in [-0.2, 0) is 10.3 Å². The highest BCUT2D eigenvalue weighted by molar-refractivity contribution is 5.23. The van der Waals surface area contributed by atoms with Crippen molar-refractivity contribution in [3.8, 4) is 0 Å². The second kappa shape index (κ2) is 3.91. The van der Waals surface area contributed by atoms with E-state index in [-0.39, 0.29) is 0 Å². The Labute approximate surface area is 90.1 Å². The molecule has 0 saturated carbocycles. The van der Waals surface area contributed by atoms with Crippen molar-refractivity contribution in [3.05, 3.63) is 29.6 Å². The van der Waals surface area contributed by atoms with E-state index in [1.807, 2.05) is 12.1 Å². The Bertz CT molecular complexity index is 326. The van der Waals surface area contributed by atoms with Crippen molar-refractivity contribution in [2.24, 2.45) is 0 Å². The summed E-state index contributed by atoms with van der Waals surface area (Å²) in [6, 6.07) is 3.94. The zero-order chi connectivity index (χ0) is 10.9. The standard InChI is InChI=1S/C12H17NO2/c1-9(2)11-4-3-10(7-13-11)12(14)5-6-15-8-12/h3-4,7,9,14H,5-6,8H2,1-2H3/t12-/m0/s1. The molecule has 1 N–H and O–H groups in total. The van der Waals surface area contributed by atoms with Crippen LogP contribution in [0.4, 0.5) is 0 Å². The van der Waals surface area contributed by atoms with Gasteiger partial charge in [0.2, 0.25) is 0 Å². The van der Waals surface area contributed by atoms with Gasteiger partial charge in [0.1, 0.15) is 5.60 Å². The molecule has 0 spiro atoms. The SMILES string of the molecule is CC(C)c1ccc([C@]2(O)CCOC2)cn1. The molecule has 0 aromatic carbocycles. The Morgan fingerprint density at radius 3 is 2.73 bits per heavy atom. The second-order valence-electron chi connectivity index (χ2n) is 4.46. The van der Waals surface area contributed by atoms with Crippen molar-refractivity contribution in [1.29, 1.82) is 0 Å². The van der Waals surface area contributed by atoms with Crippen LogP contribution < -0.4 is 0 Å². The van der Waals surface area contributed by atoms with E-state index in [9.17, 15) is 5.11 Å². The summed E-state index contributed by atoms with van der Waals surface area (Å²) >= 11 is 0. The average molecular weight is 207 g/mol. The summed E-state index contributed by atoms with van der Waals surface area (Å²) in [5, 5.41) is 10.2. The second-order valence-corrected chi connectivity index (χ2v) is 4.46. The number of pyridine rings is 1. The fraction of sp³-hybridized carbons (Fsp3) is 0.583. The summed E-state index contributed by atoms with van der Waals surface area (Å²) < 4.78 is 5.21. The van der Waals surface area contributed by atoms with E-state index in [1.165, 1.54) is 0 Å². The zero-order valence-electron chi connectivity index (χ0n) is 9.23. The minimum atomic E-state index is -0.817. The van der Waals surface area contributed by atoms with E-state index in [0.29, 0.717) is 25.6 Å². The van der Waals surface area contributed by atoms with Crippen LogP contribution in [0.2, 0.25) is 0 Å². The van der Waals surface area contributed by atoms with Gasteiger partial charge in [-0.1, -0.05) is 19.9 Å². The lowest BCUT2D eigenvalue weighted by molar-refractivity contribution is 0.0229. The van der Waals surface area contributed by atoms with Gasteiger partial charge in [-0.25, -0.2) is 0 Å². The Morgan fingerprint density at radius 1 is 1.47 bits per heavy atom. The molecule has 1 aliphatic heterocycles. The third kappa shape index (κ3) is 2.03. The van der Waals surface area contributed by atoms with Crippen LogP contribution in [0.15, 0.2) is 18.3 Å². The minimum absolute atomic E-state index is 0.385. The molecule has 0 bridgehead atoms. The first-order valence-corrected chi connectivity index (χ1v) is 5.38. The van der Waals surface area contributed by atoms with Crippen molar-refractivity contribution in [3.63, 3.8) is 0 Å². The van der Waals surface area contributed by atoms with Crippen molar-refractivity contribution >= 4 is 0 Å². The summed E-state index contributed by atoms with van der Waals surface area (Å²) in [5.41, 5.74) is 1.10. The van der Waals surface area contributed by atoms with E-state index in [0.717, 1.165) is 11.3 Å². The molecule has 0 aliphatic carbocycles. The van der Waals surface area contributed by atoms with Gasteiger partial charge in [-0.3, -0.25) is 4.98 Å². The normalized spacial score (nSPS) is 26.1. The highest BCUT2D eigenvalue weighted by Gasteiger charge is 2.34. The van der Waals surface area contributed by atoms with Gasteiger partial charge in [-0.2, -0.15) is 0 Å². The van der Waals surface area contributed by atoms with E-state index in [1.54, 1.807) is 6.20 Å². The van der Waals surface area contributed by atoms with Crippen molar-refractivity contribution in [1.82, 2.24) is 4.98 Å². The number of rotatable bonds is 2. The lowest BCUT2D eigenvalue weighted by atomic mass is 9.94. The van der Waals surface area contributed by atoms with E-state index >= 15 is 0 Å². The molecule has 1 fully saturated rings. The quantitative estimate of drug-likeness (QED) is 0.804. The molecular weight excluding hydrogens is 190 g/mol. The highest BCUT2D eigenvalue weighted by Crippen LogP contribution is 2.30. The van der Waals surface area contributed by atoms with Crippen LogP contribution in [0.3, 0.4) is 0 Å². The van der Waals surface area contributed by atoms with Crippen LogP contribution >= 0.6 is 0 Å². The molecule has 15 heavy (non-hydrogen) atoms. The highest BCUT2D eigenvalue weighted by atomic mass is 16.5. The third-order valence-electron chi connectivity index (χ3n) is 2.92. The molecule has 1 atom stereocenters. The monoisotopic (exact) mass is 207 g/mol. The minimum Gasteiger partial charge on any atom is -0.383 e. The van der Waals surface area contributed by atoms with E-state index in [2.05, 4.69) is 18.8 Å². The number of hydrogen-bond acceptors (Lipinski definition) is 3. The maximum Gasteiger partial charge on any atom is 0.117 e. The maximum absolute atomic E-state index is 10.2. The molecule has 1 aromatic heterocycles. The number of hydrogen-bond donors (Lipinski definition) is 1. The Balaban J connectivity index is 2.23. The van der Waals surface area contributed by atoms with Crippen molar-refractivity contribution in [2.75, 3.05) is 13.2 Å². The summed E-state index contributed by atoms with van der Waals surface area (Å²) in [4.78, 5) is 4.35. The topological polar surface area (TPSA) is 42.4 Å². The number of nitrogens with zero attached hydrogens (tertiary/aromatic N) is 1. The Morgan fingerprint density at radius 2 is 2.27 bits per heavy atom. The first kappa shape index (κ1) is 10.6. The van der Waals surface area contributed by atoms with Gasteiger partial charge in [0.25, 0.3) is 0 Å². The fourth-order valence-corrected chi connectivity index (χ4v) is 1.80. The molecule has 1 aliphatic rings. The van der Waals surface area contributed by atoms with Crippen LogP contribution in [0.1, 0.15) is 37.4 Å². The summed E-state index contributed by atoms with van der Waals surface area (Å²) in [6.45, 7) is 5.23. The summed E-state index contributed by atoms with van der Waals surface area (Å²) in [6.07, 6.45) is 2.43. The molecule has 0 amide bonds. The first-order chi connectivity index (χ1) is 7.12. The van der Waals surface area contributed by atoms with Gasteiger partial charge in [-0.05, 0) is 12.0 Å². The maximum atomic E-state index is 10.2. The van der Waals surface area contributed by atoms with Crippen molar-refractivity contribution < 1.29 is 9.84 Å². The largest absolute Gasteiger partial charge is 0.383 e. The molecule has 2 rings (SSSR count). The lowest BCUT2D eigenvalue weighted by Crippen LogP contribution is -2.25. The van der Waals surface area contributed by atoms with Crippen LogP contribution in [0.5, 0.6) is 0 Å². The molecule has 1 saturated heterocycles. The molecule has 0 unspecified atom stereocenters. The van der Waals surface area contributed by atoms with Crippen LogP contribution in [0, 0.1) is 0 Å². The molecular formula is C12H17NO2. The van der Waals surface area contributed by atoms with E-state index in [4.69, 9.17) is 4.74 Å². The first-order valence-electron chi connectivity index (χ1n) is 5.38. The molecule has 1 aromatic rings. The third-order valence-corrected chi connectivity index (χ3v) is 2.92. The Kier molecular flexibility index (Phi) is 2.76. The lowest BCUT2D eigenvalue weighted by Gasteiger charge is -2.20. The van der Waals surface area contributed by atoms with Gasteiger partial charge in [-0.15, -0.1) is 0 Å². The number of aromatic nitrogens is 1. The average Bonchev–Trinajstić information content (AvgIpc) is 2.67. The van der Waals surface area contributed by atoms with Gasteiger partial charge in [0.05, 0.1) is 6.61 Å². The van der Waals surface area contributed by atoms with Gasteiger partial charge in [0.15, 0.2) is 0 Å². The smallest absolute Gasteiger partial charge is 0.117 e. The molecule has 3 nitrogen and oxygen atoms in total. The number of aliphatic hydroxyl groups is 1. The molecule has 0 radical (unpaired) electrons. The number of ether oxygens (including phenoxy) is 1. The van der Waals surface area contributed by atoms with E-state index < -0.39 is 5.60 Å². The van der Waals surface area contributed by atoms with Gasteiger partial charge in [0, 0.05) is 30.5 Å².